The molecule has 156 valence electrons. The van der Waals surface area contributed by atoms with Gasteiger partial charge in [-0.05, 0) is 41.5 Å². The molecule has 4 nitrogen and oxygen atoms in total. The van der Waals surface area contributed by atoms with E-state index in [0.717, 1.165) is 41.8 Å². The zero-order valence-electron chi connectivity index (χ0n) is 14.6. The van der Waals surface area contributed by atoms with Crippen LogP contribution in [0.25, 0.3) is 0 Å². The third-order valence-electron chi connectivity index (χ3n) is 4.22. The number of rotatable bonds is 4. The minimum atomic E-state index is -4.71. The van der Waals surface area contributed by atoms with E-state index in [1.165, 1.54) is 12.1 Å². The fraction of sp³-hybridized carbons (Fsp3) is 0.333. The lowest BCUT2D eigenvalue weighted by Gasteiger charge is -2.36. The Morgan fingerprint density at radius 3 is 2.21 bits per heavy atom. The van der Waals surface area contributed by atoms with Gasteiger partial charge in [0.2, 0.25) is 0 Å². The summed E-state index contributed by atoms with van der Waals surface area (Å²) >= 11 is 3.52. The molecule has 0 radical (unpaired) electrons. The molecule has 2 N–H and O–H groups in total. The SMILES string of the molecule is Cl.Cl.Oc1ccc(Br)c([C@H](c2ccc(OC(F)(F)F)cc2)N2CCNCC2)c1. The molecule has 0 aromatic heterocycles. The molecule has 2 aromatic rings. The normalized spacial score (nSPS) is 15.9. The van der Waals surface area contributed by atoms with Crippen LogP contribution in [0, 0.1) is 0 Å². The first-order chi connectivity index (χ1) is 12.3. The number of alkyl halides is 3. The van der Waals surface area contributed by atoms with E-state index in [4.69, 9.17) is 0 Å². The number of phenols is 1. The molecule has 1 atom stereocenters. The summed E-state index contributed by atoms with van der Waals surface area (Å²) in [4.78, 5) is 2.23. The van der Waals surface area contributed by atoms with E-state index in [1.807, 2.05) is 0 Å². The Labute approximate surface area is 182 Å². The maximum atomic E-state index is 12.4. The molecule has 0 amide bonds. The van der Waals surface area contributed by atoms with Crippen LogP contribution in [0.5, 0.6) is 11.5 Å². The molecule has 0 aliphatic carbocycles. The van der Waals surface area contributed by atoms with Crippen LogP contribution in [0.4, 0.5) is 13.2 Å². The topological polar surface area (TPSA) is 44.7 Å². The number of piperazine rings is 1. The molecule has 0 bridgehead atoms. The van der Waals surface area contributed by atoms with Gasteiger partial charge in [-0.15, -0.1) is 38.0 Å². The molecule has 28 heavy (non-hydrogen) atoms. The van der Waals surface area contributed by atoms with Crippen molar-refractivity contribution in [2.75, 3.05) is 26.2 Å². The number of aromatic hydroxyl groups is 1. The summed E-state index contributed by atoms with van der Waals surface area (Å²) in [6, 6.07) is 10.7. The predicted octanol–water partition coefficient (Wildman–Crippen LogP) is 4.89. The van der Waals surface area contributed by atoms with E-state index >= 15 is 0 Å². The highest BCUT2D eigenvalue weighted by molar-refractivity contribution is 9.10. The van der Waals surface area contributed by atoms with Gasteiger partial charge in [-0.3, -0.25) is 4.90 Å². The molecule has 0 saturated carbocycles. The van der Waals surface area contributed by atoms with Gasteiger partial charge in [0, 0.05) is 30.7 Å². The molecule has 1 saturated heterocycles. The van der Waals surface area contributed by atoms with E-state index in [2.05, 4.69) is 30.9 Å². The Morgan fingerprint density at radius 1 is 1.04 bits per heavy atom. The number of nitrogens with one attached hydrogen (secondary N) is 1. The van der Waals surface area contributed by atoms with Crippen LogP contribution in [-0.4, -0.2) is 42.5 Å². The molecule has 1 fully saturated rings. The number of phenolic OH excluding ortho intramolecular Hbond substituents is 1. The van der Waals surface area contributed by atoms with Crippen LogP contribution in [0.2, 0.25) is 0 Å². The molecule has 3 rings (SSSR count). The highest BCUT2D eigenvalue weighted by atomic mass is 79.9. The smallest absolute Gasteiger partial charge is 0.508 e. The molecule has 0 unspecified atom stereocenters. The summed E-state index contributed by atoms with van der Waals surface area (Å²) in [5, 5.41) is 13.2. The average molecular weight is 504 g/mol. The van der Waals surface area contributed by atoms with E-state index in [0.29, 0.717) is 0 Å². The van der Waals surface area contributed by atoms with Gasteiger partial charge in [0.05, 0.1) is 6.04 Å². The Kier molecular flexibility index (Phi) is 9.36. The van der Waals surface area contributed by atoms with E-state index in [-0.39, 0.29) is 42.4 Å². The van der Waals surface area contributed by atoms with Gasteiger partial charge in [0.25, 0.3) is 0 Å². The molecule has 1 heterocycles. The minimum absolute atomic E-state index is 0. The summed E-state index contributed by atoms with van der Waals surface area (Å²) in [5.41, 5.74) is 1.68. The molecule has 1 aliphatic rings. The first-order valence-corrected chi connectivity index (χ1v) is 8.92. The standard InChI is InChI=1S/C18H18BrF3N2O2.2ClH/c19-16-6-3-13(25)11-15(16)17(24-9-7-23-8-10-24)12-1-4-14(5-2-12)26-18(20,21)22;;/h1-6,11,17,23,25H,7-10H2;2*1H/t17-;;/m0../s1. The number of hydrogen-bond donors (Lipinski definition) is 2. The van der Waals surface area contributed by atoms with Crippen LogP contribution in [-0.2, 0) is 0 Å². The largest absolute Gasteiger partial charge is 0.573 e. The van der Waals surface area contributed by atoms with Gasteiger partial charge in [-0.1, -0.05) is 28.1 Å². The molecule has 2 aromatic carbocycles. The average Bonchev–Trinajstić information content (AvgIpc) is 2.59. The summed E-state index contributed by atoms with van der Waals surface area (Å²) in [6.07, 6.45) is -4.71. The van der Waals surface area contributed by atoms with E-state index < -0.39 is 6.36 Å². The summed E-state index contributed by atoms with van der Waals surface area (Å²) in [5.74, 6) is -0.115. The quantitative estimate of drug-likeness (QED) is 0.623. The van der Waals surface area contributed by atoms with Crippen LogP contribution in [0.3, 0.4) is 0 Å². The lowest BCUT2D eigenvalue weighted by Crippen LogP contribution is -2.45. The highest BCUT2D eigenvalue weighted by Gasteiger charge is 2.31. The maximum absolute atomic E-state index is 12.4. The van der Waals surface area contributed by atoms with Crippen molar-refractivity contribution < 1.29 is 23.0 Å². The van der Waals surface area contributed by atoms with Gasteiger partial charge >= 0.3 is 6.36 Å². The lowest BCUT2D eigenvalue weighted by molar-refractivity contribution is -0.274. The van der Waals surface area contributed by atoms with Crippen molar-refractivity contribution in [1.29, 1.82) is 0 Å². The second-order valence-corrected chi connectivity index (χ2v) is 6.87. The Morgan fingerprint density at radius 2 is 1.64 bits per heavy atom. The number of ether oxygens (including phenoxy) is 1. The van der Waals surface area contributed by atoms with Crippen molar-refractivity contribution in [2.45, 2.75) is 12.4 Å². The number of hydrogen-bond acceptors (Lipinski definition) is 4. The zero-order valence-corrected chi connectivity index (χ0v) is 17.8. The van der Waals surface area contributed by atoms with E-state index in [1.54, 1.807) is 30.3 Å². The van der Waals surface area contributed by atoms with Crippen molar-refractivity contribution in [3.8, 4) is 11.5 Å². The first-order valence-electron chi connectivity index (χ1n) is 8.12. The van der Waals surface area contributed by atoms with Gasteiger partial charge < -0.3 is 15.2 Å². The number of benzene rings is 2. The van der Waals surface area contributed by atoms with Gasteiger partial charge in [-0.25, -0.2) is 0 Å². The zero-order chi connectivity index (χ0) is 18.7. The van der Waals surface area contributed by atoms with Crippen molar-refractivity contribution in [2.24, 2.45) is 0 Å². The third-order valence-corrected chi connectivity index (χ3v) is 4.94. The van der Waals surface area contributed by atoms with Crippen LogP contribution in [0.15, 0.2) is 46.9 Å². The van der Waals surface area contributed by atoms with Crippen molar-refractivity contribution in [3.05, 3.63) is 58.1 Å². The van der Waals surface area contributed by atoms with Crippen molar-refractivity contribution in [3.63, 3.8) is 0 Å². The molecule has 0 spiro atoms. The second kappa shape index (κ2) is 10.5. The van der Waals surface area contributed by atoms with Crippen molar-refractivity contribution in [1.82, 2.24) is 10.2 Å². The molecule has 10 heteroatoms. The molecule has 1 aliphatic heterocycles. The van der Waals surface area contributed by atoms with Gasteiger partial charge in [0.15, 0.2) is 0 Å². The summed E-state index contributed by atoms with van der Waals surface area (Å²) in [6.45, 7) is 3.21. The maximum Gasteiger partial charge on any atom is 0.573 e. The summed E-state index contributed by atoms with van der Waals surface area (Å²) < 4.78 is 41.9. The lowest BCUT2D eigenvalue weighted by atomic mass is 9.96. The Balaban J connectivity index is 0.00000196. The van der Waals surface area contributed by atoms with Crippen LogP contribution < -0.4 is 10.1 Å². The van der Waals surface area contributed by atoms with Gasteiger partial charge in [-0.2, -0.15) is 0 Å². The highest BCUT2D eigenvalue weighted by Crippen LogP contribution is 2.36. The minimum Gasteiger partial charge on any atom is -0.508 e. The van der Waals surface area contributed by atoms with Crippen molar-refractivity contribution >= 4 is 40.7 Å². The fourth-order valence-electron chi connectivity index (χ4n) is 3.12. The van der Waals surface area contributed by atoms with Gasteiger partial charge in [0.1, 0.15) is 11.5 Å². The second-order valence-electron chi connectivity index (χ2n) is 6.01. The predicted molar refractivity (Wildman–Crippen MR) is 110 cm³/mol. The fourth-order valence-corrected chi connectivity index (χ4v) is 3.58. The van der Waals surface area contributed by atoms with Crippen LogP contribution in [0.1, 0.15) is 17.2 Å². The number of nitrogens with zero attached hydrogens (tertiary/aromatic N) is 1. The van der Waals surface area contributed by atoms with Crippen LogP contribution >= 0.6 is 40.7 Å². The van der Waals surface area contributed by atoms with E-state index in [9.17, 15) is 18.3 Å². The molecular formula is C18H20BrCl2F3N2O2. The Hall–Kier alpha value is -1.19. The summed E-state index contributed by atoms with van der Waals surface area (Å²) in [7, 11) is 0. The molecular weight excluding hydrogens is 484 g/mol. The number of halogens is 6. The monoisotopic (exact) mass is 502 g/mol. The Bertz CT molecular complexity index is 757. The third kappa shape index (κ3) is 6.42. The first kappa shape index (κ1) is 24.8.